The van der Waals surface area contributed by atoms with E-state index in [-0.39, 0.29) is 0 Å². The highest BCUT2D eigenvalue weighted by atomic mass is 16.5. The molecule has 0 aliphatic rings. The van der Waals surface area contributed by atoms with Gasteiger partial charge < -0.3 is 9.84 Å². The van der Waals surface area contributed by atoms with Gasteiger partial charge in [-0.25, -0.2) is 4.79 Å². The van der Waals surface area contributed by atoms with Crippen LogP contribution in [0.3, 0.4) is 0 Å². The Morgan fingerprint density at radius 1 is 0.885 bits per heavy atom. The number of aliphatic hydroxyl groups excluding tert-OH is 1. The molecule has 0 aromatic carbocycles. The molecule has 3 heteroatoms. The van der Waals surface area contributed by atoms with Crippen LogP contribution in [-0.2, 0) is 9.53 Å². The molecule has 0 saturated carbocycles. The molecule has 0 spiro atoms. The van der Waals surface area contributed by atoms with Gasteiger partial charge in [0.2, 0.25) is 0 Å². The summed E-state index contributed by atoms with van der Waals surface area (Å²) in [4.78, 5) is 10.8. The first-order chi connectivity index (χ1) is 12.7. The van der Waals surface area contributed by atoms with Crippen LogP contribution in [0.25, 0.3) is 0 Å². The lowest BCUT2D eigenvalue weighted by molar-refractivity contribution is -0.133. The largest absolute Gasteiger partial charge is 0.459 e. The van der Waals surface area contributed by atoms with Gasteiger partial charge >= 0.3 is 5.97 Å². The Hall–Kier alpha value is -1.27. The van der Waals surface area contributed by atoms with E-state index < -0.39 is 12.1 Å². The van der Waals surface area contributed by atoms with E-state index >= 15 is 0 Å². The first-order valence-electron chi connectivity index (χ1n) is 10.6. The second-order valence-corrected chi connectivity index (χ2v) is 7.02. The minimum atomic E-state index is -0.888. The van der Waals surface area contributed by atoms with Gasteiger partial charge in [0, 0.05) is 5.92 Å². The summed E-state index contributed by atoms with van der Waals surface area (Å²) in [5, 5.41) is 9.54. The number of unbranched alkanes of at least 4 members (excludes halogenated alkanes) is 14. The maximum Gasteiger partial charge on any atom is 0.384 e. The summed E-state index contributed by atoms with van der Waals surface area (Å²) in [6.45, 7) is 2.27. The molecule has 0 aliphatic carbocycles. The standard InChI is InChI=1S/C23H40O3/c1-3-4-5-6-7-8-9-10-11-12-13-14-15-16-17-18-19-22(24)20-21-23(25)26-2/h18-19,22,24H,3-17H2,1-2H3/b19-18+. The Bertz CT molecular complexity index is 403. The molecule has 1 N–H and O–H groups in total. The molecule has 0 heterocycles. The summed E-state index contributed by atoms with van der Waals surface area (Å²) in [5.41, 5.74) is 0. The normalized spacial score (nSPS) is 12.0. The topological polar surface area (TPSA) is 46.5 Å². The van der Waals surface area contributed by atoms with Crippen LogP contribution in [0.5, 0.6) is 0 Å². The van der Waals surface area contributed by atoms with Crippen LogP contribution in [0, 0.1) is 11.8 Å². The fourth-order valence-electron chi connectivity index (χ4n) is 2.91. The minimum absolute atomic E-state index is 0.621. The summed E-state index contributed by atoms with van der Waals surface area (Å²) < 4.78 is 4.39. The molecule has 0 rings (SSSR count). The third kappa shape index (κ3) is 19.1. The van der Waals surface area contributed by atoms with E-state index in [0.717, 1.165) is 12.8 Å². The molecule has 1 atom stereocenters. The minimum Gasteiger partial charge on any atom is -0.459 e. The van der Waals surface area contributed by atoms with E-state index in [2.05, 4.69) is 23.5 Å². The van der Waals surface area contributed by atoms with Crippen LogP contribution in [-0.4, -0.2) is 24.3 Å². The van der Waals surface area contributed by atoms with Crippen molar-refractivity contribution in [1.82, 2.24) is 0 Å². The fourth-order valence-corrected chi connectivity index (χ4v) is 2.91. The van der Waals surface area contributed by atoms with Gasteiger partial charge in [-0.15, -0.1) is 0 Å². The Labute approximate surface area is 161 Å². The molecule has 3 nitrogen and oxygen atoms in total. The van der Waals surface area contributed by atoms with Gasteiger partial charge in [0.05, 0.1) is 7.11 Å². The summed E-state index contributed by atoms with van der Waals surface area (Å²) in [5.74, 6) is 4.03. The molecule has 0 aromatic rings. The Kier molecular flexibility index (Phi) is 19.1. The van der Waals surface area contributed by atoms with Gasteiger partial charge in [-0.3, -0.25) is 0 Å². The second kappa shape index (κ2) is 20.0. The van der Waals surface area contributed by atoms with Gasteiger partial charge in [0.25, 0.3) is 0 Å². The number of carbonyl (C=O) groups is 1. The smallest absolute Gasteiger partial charge is 0.384 e. The molecular weight excluding hydrogens is 324 g/mol. The lowest BCUT2D eigenvalue weighted by Crippen LogP contribution is -2.00. The third-order valence-electron chi connectivity index (χ3n) is 4.55. The van der Waals surface area contributed by atoms with Crippen molar-refractivity contribution in [3.05, 3.63) is 12.2 Å². The Morgan fingerprint density at radius 2 is 1.35 bits per heavy atom. The molecule has 0 fully saturated rings. The highest BCUT2D eigenvalue weighted by molar-refractivity contribution is 5.88. The summed E-state index contributed by atoms with van der Waals surface area (Å²) in [6.07, 6.45) is 22.7. The quantitative estimate of drug-likeness (QED) is 0.121. The highest BCUT2D eigenvalue weighted by Crippen LogP contribution is 2.13. The lowest BCUT2D eigenvalue weighted by Gasteiger charge is -2.03. The van der Waals surface area contributed by atoms with E-state index in [4.69, 9.17) is 0 Å². The van der Waals surface area contributed by atoms with Crippen molar-refractivity contribution in [2.45, 2.75) is 109 Å². The summed E-state index contributed by atoms with van der Waals surface area (Å²) in [6, 6.07) is 0. The van der Waals surface area contributed by atoms with Gasteiger partial charge in [-0.1, -0.05) is 102 Å². The number of carbonyl (C=O) groups excluding carboxylic acids is 1. The fraction of sp³-hybridized carbons (Fsp3) is 0.783. The summed E-state index contributed by atoms with van der Waals surface area (Å²) in [7, 11) is 1.27. The monoisotopic (exact) mass is 364 g/mol. The molecule has 0 bridgehead atoms. The number of allylic oxidation sites excluding steroid dienone is 1. The van der Waals surface area contributed by atoms with Crippen LogP contribution < -0.4 is 0 Å². The molecule has 26 heavy (non-hydrogen) atoms. The van der Waals surface area contributed by atoms with E-state index in [0.29, 0.717) is 0 Å². The van der Waals surface area contributed by atoms with Crippen molar-refractivity contribution < 1.29 is 14.6 Å². The van der Waals surface area contributed by atoms with Crippen LogP contribution in [0.15, 0.2) is 12.2 Å². The predicted molar refractivity (Wildman–Crippen MR) is 110 cm³/mol. The number of esters is 1. The predicted octanol–water partition coefficient (Wildman–Crippen LogP) is 5.95. The molecule has 150 valence electrons. The van der Waals surface area contributed by atoms with E-state index in [1.807, 2.05) is 6.08 Å². The van der Waals surface area contributed by atoms with E-state index in [1.54, 1.807) is 6.08 Å². The Balaban J connectivity index is 3.29. The number of hydrogen-bond donors (Lipinski definition) is 1. The van der Waals surface area contributed by atoms with Crippen molar-refractivity contribution in [2.24, 2.45) is 0 Å². The second-order valence-electron chi connectivity index (χ2n) is 7.02. The molecule has 0 saturated heterocycles. The average molecular weight is 365 g/mol. The molecular formula is C23H40O3. The van der Waals surface area contributed by atoms with Crippen LogP contribution in [0.4, 0.5) is 0 Å². The first kappa shape index (κ1) is 24.7. The average Bonchev–Trinajstić information content (AvgIpc) is 2.65. The zero-order valence-corrected chi connectivity index (χ0v) is 17.1. The number of ether oxygens (including phenoxy) is 1. The first-order valence-corrected chi connectivity index (χ1v) is 10.6. The van der Waals surface area contributed by atoms with Gasteiger partial charge in [0.15, 0.2) is 0 Å². The maximum atomic E-state index is 10.8. The molecule has 0 radical (unpaired) electrons. The summed E-state index contributed by atoms with van der Waals surface area (Å²) >= 11 is 0. The van der Waals surface area contributed by atoms with E-state index in [1.165, 1.54) is 90.6 Å². The van der Waals surface area contributed by atoms with Crippen molar-refractivity contribution in [1.29, 1.82) is 0 Å². The van der Waals surface area contributed by atoms with Crippen LogP contribution >= 0.6 is 0 Å². The van der Waals surface area contributed by atoms with Gasteiger partial charge in [-0.05, 0) is 18.9 Å². The zero-order valence-electron chi connectivity index (χ0n) is 17.1. The van der Waals surface area contributed by atoms with Crippen molar-refractivity contribution in [3.63, 3.8) is 0 Å². The molecule has 0 amide bonds. The van der Waals surface area contributed by atoms with Crippen molar-refractivity contribution in [2.75, 3.05) is 7.11 Å². The van der Waals surface area contributed by atoms with Crippen molar-refractivity contribution >= 4 is 5.97 Å². The number of rotatable bonds is 16. The Morgan fingerprint density at radius 3 is 1.81 bits per heavy atom. The van der Waals surface area contributed by atoms with Crippen molar-refractivity contribution in [3.8, 4) is 11.8 Å². The van der Waals surface area contributed by atoms with Crippen LogP contribution in [0.2, 0.25) is 0 Å². The van der Waals surface area contributed by atoms with Gasteiger partial charge in [0.1, 0.15) is 6.10 Å². The highest BCUT2D eigenvalue weighted by Gasteiger charge is 1.95. The SMILES string of the molecule is CCCCCCCCCCCCCCCC/C=C/C(O)C#CC(=O)OC. The number of hydrogen-bond acceptors (Lipinski definition) is 3. The molecule has 1 unspecified atom stereocenters. The molecule has 0 aromatic heterocycles. The lowest BCUT2D eigenvalue weighted by atomic mass is 10.0. The molecule has 0 aliphatic heterocycles. The van der Waals surface area contributed by atoms with Gasteiger partial charge in [-0.2, -0.15) is 0 Å². The maximum absolute atomic E-state index is 10.8. The number of methoxy groups -OCH3 is 1. The van der Waals surface area contributed by atoms with E-state index in [9.17, 15) is 9.90 Å². The van der Waals surface area contributed by atoms with Crippen LogP contribution in [0.1, 0.15) is 103 Å². The number of aliphatic hydroxyl groups is 1. The zero-order chi connectivity index (χ0) is 19.3. The third-order valence-corrected chi connectivity index (χ3v) is 4.55.